The molecule has 1 heterocycles. The summed E-state index contributed by atoms with van der Waals surface area (Å²) in [6, 6.07) is 14.8. The zero-order chi connectivity index (χ0) is 19.9. The van der Waals surface area contributed by atoms with Gasteiger partial charge in [-0.2, -0.15) is 0 Å². The molecule has 1 aliphatic heterocycles. The third-order valence-electron chi connectivity index (χ3n) is 6.28. The van der Waals surface area contributed by atoms with E-state index in [9.17, 15) is 5.11 Å². The fourth-order valence-electron chi connectivity index (χ4n) is 4.68. The smallest absolute Gasteiger partial charge is 0.120 e. The lowest BCUT2D eigenvalue weighted by Gasteiger charge is -2.29. The summed E-state index contributed by atoms with van der Waals surface area (Å²) in [6.45, 7) is 7.69. The quantitative estimate of drug-likeness (QED) is 0.602. The highest BCUT2D eigenvalue weighted by Crippen LogP contribution is 2.39. The van der Waals surface area contributed by atoms with E-state index in [1.807, 2.05) is 6.07 Å². The van der Waals surface area contributed by atoms with Crippen molar-refractivity contribution in [1.29, 1.82) is 0 Å². The molecule has 0 aromatic heterocycles. The molecule has 0 radical (unpaired) electrons. The summed E-state index contributed by atoms with van der Waals surface area (Å²) in [5, 5.41) is 10.5. The number of rotatable bonds is 8. The maximum atomic E-state index is 10.5. The predicted octanol–water partition coefficient (Wildman–Crippen LogP) is 6.07. The van der Waals surface area contributed by atoms with Gasteiger partial charge in [-0.05, 0) is 79.9 Å². The molecule has 0 amide bonds. The van der Waals surface area contributed by atoms with Gasteiger partial charge in [0.15, 0.2) is 0 Å². The fourth-order valence-corrected chi connectivity index (χ4v) is 4.68. The van der Waals surface area contributed by atoms with Gasteiger partial charge in [-0.25, -0.2) is 0 Å². The van der Waals surface area contributed by atoms with Gasteiger partial charge >= 0.3 is 0 Å². The Kier molecular flexibility index (Phi) is 7.38. The monoisotopic (exact) mass is 381 g/mol. The van der Waals surface area contributed by atoms with Gasteiger partial charge in [-0.3, -0.25) is 4.90 Å². The number of phenolic OH excluding ortho intramolecular Hbond substituents is 1. The van der Waals surface area contributed by atoms with Crippen LogP contribution in [0.1, 0.15) is 74.5 Å². The van der Waals surface area contributed by atoms with Crippen LogP contribution < -0.4 is 4.74 Å². The zero-order valence-electron chi connectivity index (χ0n) is 17.7. The molecule has 28 heavy (non-hydrogen) atoms. The normalized spacial score (nSPS) is 17.2. The van der Waals surface area contributed by atoms with Gasteiger partial charge in [0.25, 0.3) is 0 Å². The first-order valence-corrected chi connectivity index (χ1v) is 10.8. The van der Waals surface area contributed by atoms with Crippen molar-refractivity contribution in [3.8, 4) is 11.5 Å². The minimum Gasteiger partial charge on any atom is -0.508 e. The SMILES string of the molecule is CC[C@H](c1ccc(OC)cc1)[C@H](CC)c1ccc(O)c(CN2CCCCC2)c1. The molecule has 3 heteroatoms. The van der Waals surface area contributed by atoms with E-state index in [1.54, 1.807) is 7.11 Å². The van der Waals surface area contributed by atoms with Crippen molar-refractivity contribution in [2.75, 3.05) is 20.2 Å². The van der Waals surface area contributed by atoms with Crippen LogP contribution >= 0.6 is 0 Å². The van der Waals surface area contributed by atoms with Crippen LogP contribution in [0.3, 0.4) is 0 Å². The molecule has 0 aliphatic carbocycles. The van der Waals surface area contributed by atoms with Crippen LogP contribution in [0.5, 0.6) is 11.5 Å². The maximum Gasteiger partial charge on any atom is 0.120 e. The highest BCUT2D eigenvalue weighted by Gasteiger charge is 2.23. The average Bonchev–Trinajstić information content (AvgIpc) is 2.74. The van der Waals surface area contributed by atoms with Crippen molar-refractivity contribution in [2.45, 2.75) is 64.3 Å². The summed E-state index contributed by atoms with van der Waals surface area (Å²) in [5.41, 5.74) is 3.78. The molecule has 1 saturated heterocycles. The number of nitrogens with zero attached hydrogens (tertiary/aromatic N) is 1. The first-order valence-electron chi connectivity index (χ1n) is 10.8. The largest absolute Gasteiger partial charge is 0.508 e. The minimum atomic E-state index is 0.432. The van der Waals surface area contributed by atoms with Crippen LogP contribution in [0.15, 0.2) is 42.5 Å². The molecular weight excluding hydrogens is 346 g/mol. The maximum absolute atomic E-state index is 10.5. The van der Waals surface area contributed by atoms with Gasteiger partial charge in [-0.1, -0.05) is 44.5 Å². The molecule has 0 spiro atoms. The summed E-state index contributed by atoms with van der Waals surface area (Å²) in [7, 11) is 1.71. The van der Waals surface area contributed by atoms with Crippen LogP contribution in [0.2, 0.25) is 0 Å². The summed E-state index contributed by atoms with van der Waals surface area (Å²) < 4.78 is 5.32. The molecule has 3 nitrogen and oxygen atoms in total. The highest BCUT2D eigenvalue weighted by molar-refractivity contribution is 5.40. The zero-order valence-corrected chi connectivity index (χ0v) is 17.7. The number of piperidine rings is 1. The number of benzene rings is 2. The van der Waals surface area contributed by atoms with Crippen LogP contribution in [-0.2, 0) is 6.54 Å². The number of ether oxygens (including phenoxy) is 1. The van der Waals surface area contributed by atoms with E-state index in [0.29, 0.717) is 17.6 Å². The van der Waals surface area contributed by atoms with Gasteiger partial charge < -0.3 is 9.84 Å². The van der Waals surface area contributed by atoms with Crippen molar-refractivity contribution in [3.05, 3.63) is 59.2 Å². The van der Waals surface area contributed by atoms with Crippen molar-refractivity contribution < 1.29 is 9.84 Å². The number of likely N-dealkylation sites (tertiary alicyclic amines) is 1. The van der Waals surface area contributed by atoms with E-state index in [0.717, 1.165) is 43.8 Å². The van der Waals surface area contributed by atoms with E-state index in [4.69, 9.17) is 4.74 Å². The topological polar surface area (TPSA) is 32.7 Å². The Labute approximate surface area is 170 Å². The number of phenols is 1. The van der Waals surface area contributed by atoms with Crippen LogP contribution in [0.25, 0.3) is 0 Å². The fraction of sp³-hybridized carbons (Fsp3) is 0.520. The predicted molar refractivity (Wildman–Crippen MR) is 116 cm³/mol. The van der Waals surface area contributed by atoms with Crippen LogP contribution in [-0.4, -0.2) is 30.2 Å². The van der Waals surface area contributed by atoms with Gasteiger partial charge in [0.2, 0.25) is 0 Å². The first kappa shape index (κ1) is 20.7. The van der Waals surface area contributed by atoms with Crippen molar-refractivity contribution >= 4 is 0 Å². The second kappa shape index (κ2) is 9.97. The lowest BCUT2D eigenvalue weighted by Crippen LogP contribution is -2.29. The molecule has 0 bridgehead atoms. The molecule has 1 aliphatic rings. The lowest BCUT2D eigenvalue weighted by atomic mass is 9.78. The highest BCUT2D eigenvalue weighted by atomic mass is 16.5. The molecule has 1 N–H and O–H groups in total. The summed E-state index contributed by atoms with van der Waals surface area (Å²) in [5.74, 6) is 2.24. The van der Waals surface area contributed by atoms with E-state index < -0.39 is 0 Å². The summed E-state index contributed by atoms with van der Waals surface area (Å²) in [4.78, 5) is 2.48. The van der Waals surface area contributed by atoms with Crippen LogP contribution in [0, 0.1) is 0 Å². The second-order valence-corrected chi connectivity index (χ2v) is 8.03. The van der Waals surface area contributed by atoms with E-state index in [-0.39, 0.29) is 0 Å². The Morgan fingerprint density at radius 3 is 2.11 bits per heavy atom. The van der Waals surface area contributed by atoms with Gasteiger partial charge in [0.1, 0.15) is 11.5 Å². The minimum absolute atomic E-state index is 0.432. The molecule has 3 rings (SSSR count). The number of hydrogen-bond acceptors (Lipinski definition) is 3. The first-order chi connectivity index (χ1) is 13.7. The molecule has 0 unspecified atom stereocenters. The number of aromatic hydroxyl groups is 1. The van der Waals surface area contributed by atoms with E-state index >= 15 is 0 Å². The summed E-state index contributed by atoms with van der Waals surface area (Å²) in [6.07, 6.45) is 6.05. The Morgan fingerprint density at radius 2 is 1.50 bits per heavy atom. The standard InChI is InChI=1S/C25H35NO2/c1-4-23(19-9-12-22(28-3)13-10-19)24(5-2)20-11-14-25(27)21(17-20)18-26-15-7-6-8-16-26/h9-14,17,23-24,27H,4-8,15-16,18H2,1-3H3/t23-,24-/m1/s1. The second-order valence-electron chi connectivity index (χ2n) is 8.03. The number of hydrogen-bond donors (Lipinski definition) is 1. The molecule has 152 valence electrons. The van der Waals surface area contributed by atoms with Crippen molar-refractivity contribution in [2.24, 2.45) is 0 Å². The number of methoxy groups -OCH3 is 1. The molecule has 1 fully saturated rings. The van der Waals surface area contributed by atoms with Gasteiger partial charge in [0.05, 0.1) is 7.11 Å². The molecule has 0 saturated carbocycles. The Balaban J connectivity index is 1.84. The van der Waals surface area contributed by atoms with Gasteiger partial charge in [0, 0.05) is 12.1 Å². The molecule has 2 aromatic carbocycles. The van der Waals surface area contributed by atoms with E-state index in [1.165, 1.54) is 30.4 Å². The molecular formula is C25H35NO2. The molecule has 2 aromatic rings. The lowest BCUT2D eigenvalue weighted by molar-refractivity contribution is 0.218. The Hall–Kier alpha value is -2.00. The summed E-state index contributed by atoms with van der Waals surface area (Å²) >= 11 is 0. The van der Waals surface area contributed by atoms with E-state index in [2.05, 4.69) is 55.1 Å². The Bertz CT molecular complexity index is 735. The third kappa shape index (κ3) is 4.88. The van der Waals surface area contributed by atoms with Crippen molar-refractivity contribution in [3.63, 3.8) is 0 Å². The Morgan fingerprint density at radius 1 is 0.893 bits per heavy atom. The van der Waals surface area contributed by atoms with Crippen LogP contribution in [0.4, 0.5) is 0 Å². The average molecular weight is 382 g/mol. The van der Waals surface area contributed by atoms with Crippen molar-refractivity contribution in [1.82, 2.24) is 4.90 Å². The molecule has 2 atom stereocenters. The van der Waals surface area contributed by atoms with Gasteiger partial charge in [-0.15, -0.1) is 0 Å². The third-order valence-corrected chi connectivity index (χ3v) is 6.28.